The second kappa shape index (κ2) is 5.09. The Hall–Kier alpha value is -0.910. The van der Waals surface area contributed by atoms with Gasteiger partial charge in [0.25, 0.3) is 0 Å². The fourth-order valence-corrected chi connectivity index (χ4v) is 0.776. The van der Waals surface area contributed by atoms with Crippen LogP contribution in [-0.2, 0) is 14.3 Å². The molecule has 3 nitrogen and oxygen atoms in total. The topological polar surface area (TPSA) is 43.4 Å². The maximum Gasteiger partial charge on any atom is 0.398 e. The van der Waals surface area contributed by atoms with Gasteiger partial charge in [-0.2, -0.15) is 13.2 Å². The number of alkyl halides is 3. The summed E-state index contributed by atoms with van der Waals surface area (Å²) in [5, 5.41) is 0. The Morgan fingerprint density at radius 3 is 2.29 bits per heavy atom. The summed E-state index contributed by atoms with van der Waals surface area (Å²) in [6, 6.07) is 0. The van der Waals surface area contributed by atoms with Crippen molar-refractivity contribution in [2.45, 2.75) is 26.1 Å². The third kappa shape index (κ3) is 3.45. The van der Waals surface area contributed by atoms with Crippen molar-refractivity contribution in [2.24, 2.45) is 5.92 Å². The Balaban J connectivity index is 4.50. The van der Waals surface area contributed by atoms with E-state index in [1.165, 1.54) is 6.92 Å². The molecule has 0 saturated heterocycles. The first-order valence-electron chi connectivity index (χ1n) is 4.01. The Morgan fingerprint density at radius 1 is 1.50 bits per heavy atom. The highest BCUT2D eigenvalue weighted by molar-refractivity contribution is 5.97. The summed E-state index contributed by atoms with van der Waals surface area (Å²) in [5.41, 5.74) is 0. The van der Waals surface area contributed by atoms with Crippen LogP contribution in [0.2, 0.25) is 0 Å². The van der Waals surface area contributed by atoms with E-state index in [-0.39, 0.29) is 12.9 Å². The molecule has 0 aliphatic rings. The second-order valence-electron chi connectivity index (χ2n) is 2.68. The second-order valence-corrected chi connectivity index (χ2v) is 2.68. The predicted octanol–water partition coefficient (Wildman–Crippen LogP) is 1.36. The van der Waals surface area contributed by atoms with E-state index in [2.05, 4.69) is 4.74 Å². The minimum Gasteiger partial charge on any atom is -0.363 e. The van der Waals surface area contributed by atoms with Crippen LogP contribution in [0.15, 0.2) is 0 Å². The van der Waals surface area contributed by atoms with Crippen LogP contribution in [-0.4, -0.2) is 31.0 Å². The summed E-state index contributed by atoms with van der Waals surface area (Å²) in [6.07, 6.45) is -6.17. The molecular formula is C8H11F3O3. The van der Waals surface area contributed by atoms with Gasteiger partial charge in [0.15, 0.2) is 18.2 Å². The number of Topliss-reactive ketones (excluding diaryl/α,β-unsaturated/α-hetero) is 1. The summed E-state index contributed by atoms with van der Waals surface area (Å²) in [5.74, 6) is -3.43. The predicted molar refractivity (Wildman–Crippen MR) is 41.7 cm³/mol. The highest BCUT2D eigenvalue weighted by Gasteiger charge is 2.43. The quantitative estimate of drug-likeness (QED) is 0.510. The summed E-state index contributed by atoms with van der Waals surface area (Å²) in [4.78, 5) is 21.3. The molecule has 0 N–H and O–H groups in total. The lowest BCUT2D eigenvalue weighted by atomic mass is 10.0. The molecule has 0 bridgehead atoms. The summed E-state index contributed by atoms with van der Waals surface area (Å²) < 4.78 is 40.7. The van der Waals surface area contributed by atoms with Crippen LogP contribution >= 0.6 is 0 Å². The summed E-state index contributed by atoms with van der Waals surface area (Å²) in [7, 11) is 0. The van der Waals surface area contributed by atoms with Gasteiger partial charge in [-0.15, -0.1) is 0 Å². The zero-order valence-corrected chi connectivity index (χ0v) is 7.80. The number of ether oxygens (including phenoxy) is 1. The molecule has 2 atom stereocenters. The molecule has 14 heavy (non-hydrogen) atoms. The van der Waals surface area contributed by atoms with E-state index in [1.54, 1.807) is 0 Å². The minimum absolute atomic E-state index is 0.0136. The molecule has 82 valence electrons. The van der Waals surface area contributed by atoms with E-state index in [0.29, 0.717) is 6.92 Å². The molecular weight excluding hydrogens is 201 g/mol. The molecule has 0 heterocycles. The van der Waals surface area contributed by atoms with E-state index in [4.69, 9.17) is 0 Å². The SMILES string of the molecule is CCOC(C=O)C(=O)C(C)C(F)(F)F. The number of rotatable bonds is 5. The first-order valence-corrected chi connectivity index (χ1v) is 4.01. The van der Waals surface area contributed by atoms with Crippen LogP contribution in [0.25, 0.3) is 0 Å². The van der Waals surface area contributed by atoms with E-state index in [9.17, 15) is 22.8 Å². The van der Waals surface area contributed by atoms with E-state index >= 15 is 0 Å². The van der Waals surface area contributed by atoms with Gasteiger partial charge in [-0.25, -0.2) is 0 Å². The van der Waals surface area contributed by atoms with Gasteiger partial charge in [0, 0.05) is 6.61 Å². The molecule has 0 aliphatic heterocycles. The zero-order valence-electron chi connectivity index (χ0n) is 7.80. The van der Waals surface area contributed by atoms with Crippen molar-refractivity contribution in [3.63, 3.8) is 0 Å². The lowest BCUT2D eigenvalue weighted by molar-refractivity contribution is -0.183. The first-order chi connectivity index (χ1) is 6.34. The number of aldehydes is 1. The molecule has 0 saturated carbocycles. The maximum absolute atomic E-state index is 12.0. The van der Waals surface area contributed by atoms with Gasteiger partial charge in [-0.05, 0) is 13.8 Å². The lowest BCUT2D eigenvalue weighted by Crippen LogP contribution is -2.38. The van der Waals surface area contributed by atoms with Crippen LogP contribution in [0.4, 0.5) is 13.2 Å². The average Bonchev–Trinajstić information content (AvgIpc) is 2.10. The molecule has 0 aromatic carbocycles. The van der Waals surface area contributed by atoms with Crippen LogP contribution in [0, 0.1) is 5.92 Å². The van der Waals surface area contributed by atoms with Gasteiger partial charge < -0.3 is 4.74 Å². The van der Waals surface area contributed by atoms with Crippen LogP contribution in [0.5, 0.6) is 0 Å². The Kier molecular flexibility index (Phi) is 4.76. The summed E-state index contributed by atoms with van der Waals surface area (Å²) in [6.45, 7) is 2.21. The number of hydrogen-bond donors (Lipinski definition) is 0. The van der Waals surface area contributed by atoms with Crippen molar-refractivity contribution >= 4 is 12.1 Å². The Labute approximate surface area is 79.2 Å². The third-order valence-electron chi connectivity index (χ3n) is 1.67. The smallest absolute Gasteiger partial charge is 0.363 e. The molecule has 6 heteroatoms. The van der Waals surface area contributed by atoms with E-state index in [1.807, 2.05) is 0 Å². The fourth-order valence-electron chi connectivity index (χ4n) is 0.776. The van der Waals surface area contributed by atoms with Gasteiger partial charge in [-0.1, -0.05) is 0 Å². The Bertz CT molecular complexity index is 212. The highest BCUT2D eigenvalue weighted by Crippen LogP contribution is 2.27. The first kappa shape index (κ1) is 13.1. The molecule has 2 unspecified atom stereocenters. The third-order valence-corrected chi connectivity index (χ3v) is 1.67. The molecule has 0 aromatic rings. The van der Waals surface area contributed by atoms with Gasteiger partial charge in [0.1, 0.15) is 5.92 Å². The molecule has 0 radical (unpaired) electrons. The van der Waals surface area contributed by atoms with Crippen molar-refractivity contribution in [1.29, 1.82) is 0 Å². The standard InChI is InChI=1S/C8H11F3O3/c1-3-14-6(4-12)7(13)5(2)8(9,10)11/h4-6H,3H2,1-2H3. The molecule has 0 rings (SSSR count). The number of hydrogen-bond acceptors (Lipinski definition) is 3. The number of halogens is 3. The van der Waals surface area contributed by atoms with Crippen molar-refractivity contribution in [1.82, 2.24) is 0 Å². The van der Waals surface area contributed by atoms with E-state index in [0.717, 1.165) is 0 Å². The highest BCUT2D eigenvalue weighted by atomic mass is 19.4. The number of ketones is 1. The Morgan fingerprint density at radius 2 is 2.00 bits per heavy atom. The fraction of sp³-hybridized carbons (Fsp3) is 0.750. The van der Waals surface area contributed by atoms with Gasteiger partial charge >= 0.3 is 6.18 Å². The van der Waals surface area contributed by atoms with Gasteiger partial charge in [0.05, 0.1) is 0 Å². The van der Waals surface area contributed by atoms with Gasteiger partial charge in [0.2, 0.25) is 0 Å². The maximum atomic E-state index is 12.0. The largest absolute Gasteiger partial charge is 0.398 e. The van der Waals surface area contributed by atoms with Crippen LogP contribution in [0.1, 0.15) is 13.8 Å². The molecule has 0 fully saturated rings. The molecule has 0 aromatic heterocycles. The monoisotopic (exact) mass is 212 g/mol. The molecule has 0 aliphatic carbocycles. The minimum atomic E-state index is -4.63. The van der Waals surface area contributed by atoms with Crippen LogP contribution < -0.4 is 0 Å². The normalized spacial score (nSPS) is 16.1. The average molecular weight is 212 g/mol. The number of carbonyl (C=O) groups is 2. The number of carbonyl (C=O) groups excluding carboxylic acids is 2. The van der Waals surface area contributed by atoms with Gasteiger partial charge in [-0.3, -0.25) is 9.59 Å². The summed E-state index contributed by atoms with van der Waals surface area (Å²) >= 11 is 0. The lowest BCUT2D eigenvalue weighted by Gasteiger charge is -2.17. The van der Waals surface area contributed by atoms with Crippen molar-refractivity contribution < 1.29 is 27.5 Å². The van der Waals surface area contributed by atoms with E-state index < -0.39 is 24.0 Å². The zero-order chi connectivity index (χ0) is 11.4. The molecule has 0 spiro atoms. The van der Waals surface area contributed by atoms with Crippen molar-refractivity contribution in [3.05, 3.63) is 0 Å². The van der Waals surface area contributed by atoms with Crippen molar-refractivity contribution in [3.8, 4) is 0 Å². The molecule has 0 amide bonds. The van der Waals surface area contributed by atoms with Crippen LogP contribution in [0.3, 0.4) is 0 Å². The van der Waals surface area contributed by atoms with Crippen molar-refractivity contribution in [2.75, 3.05) is 6.61 Å².